The number of nitrogens with one attached hydrogen (secondary N) is 1. The van der Waals surface area contributed by atoms with Crippen molar-refractivity contribution < 1.29 is 22.8 Å². The number of amides is 1. The SMILES string of the molecule is O=C(Nc1cc(F)c(F)c(F)c1)c1ccc(Cl)c(S[C@H]2C[C@H]3CC[C@@H](C2)C3=O)c1. The standard InChI is InChI=1S/C21H17ClF3NO2S/c22-15-4-3-12(21(28)26-13-8-16(23)19(25)17(24)9-13)7-18(15)29-14-5-10-1-2-11(6-14)20(10)27/h3-4,7-11,14H,1-2,5-6H2,(H,26,28)/t10-,11+,14+. The summed E-state index contributed by atoms with van der Waals surface area (Å²) in [7, 11) is 0. The summed E-state index contributed by atoms with van der Waals surface area (Å²) >= 11 is 7.85. The van der Waals surface area contributed by atoms with Crippen molar-refractivity contribution in [2.75, 3.05) is 5.32 Å². The van der Waals surface area contributed by atoms with Gasteiger partial charge in [0.1, 0.15) is 5.78 Å². The Morgan fingerprint density at radius 3 is 2.28 bits per heavy atom. The summed E-state index contributed by atoms with van der Waals surface area (Å²) in [5, 5.41) is 3.11. The molecule has 1 N–H and O–H groups in total. The van der Waals surface area contributed by atoms with E-state index in [0.717, 1.165) is 42.7 Å². The van der Waals surface area contributed by atoms with E-state index in [2.05, 4.69) is 5.32 Å². The highest BCUT2D eigenvalue weighted by Crippen LogP contribution is 2.46. The van der Waals surface area contributed by atoms with Crippen LogP contribution in [0.1, 0.15) is 36.0 Å². The Balaban J connectivity index is 1.49. The van der Waals surface area contributed by atoms with Gasteiger partial charge in [-0.2, -0.15) is 0 Å². The third-order valence-electron chi connectivity index (χ3n) is 5.49. The highest BCUT2D eigenvalue weighted by molar-refractivity contribution is 8.00. The fraction of sp³-hybridized carbons (Fsp3) is 0.333. The van der Waals surface area contributed by atoms with Gasteiger partial charge in [-0.05, 0) is 43.9 Å². The van der Waals surface area contributed by atoms with Crippen molar-refractivity contribution in [2.24, 2.45) is 11.8 Å². The summed E-state index contributed by atoms with van der Waals surface area (Å²) in [5.41, 5.74) is 0.0785. The Kier molecular flexibility index (Phi) is 5.62. The second-order valence-electron chi connectivity index (χ2n) is 7.44. The minimum atomic E-state index is -1.59. The van der Waals surface area contributed by atoms with Gasteiger partial charge in [-0.25, -0.2) is 13.2 Å². The van der Waals surface area contributed by atoms with Gasteiger partial charge in [-0.15, -0.1) is 11.8 Å². The number of thioether (sulfide) groups is 1. The molecule has 152 valence electrons. The number of hydrogen-bond acceptors (Lipinski definition) is 3. The molecular formula is C21H17ClF3NO2S. The molecule has 0 saturated heterocycles. The van der Waals surface area contributed by atoms with Gasteiger partial charge in [0.25, 0.3) is 5.91 Å². The van der Waals surface area contributed by atoms with Gasteiger partial charge < -0.3 is 5.32 Å². The van der Waals surface area contributed by atoms with E-state index in [1.807, 2.05) is 0 Å². The Morgan fingerprint density at radius 1 is 1.03 bits per heavy atom. The van der Waals surface area contributed by atoms with Crippen LogP contribution in [0, 0.1) is 29.3 Å². The normalized spacial score (nSPS) is 23.3. The summed E-state index contributed by atoms with van der Waals surface area (Å²) in [4.78, 5) is 25.3. The molecule has 1 amide bonds. The van der Waals surface area contributed by atoms with E-state index in [0.29, 0.717) is 10.8 Å². The number of carbonyl (C=O) groups excluding carboxylic acids is 2. The lowest BCUT2D eigenvalue weighted by atomic mass is 9.87. The molecule has 3 nitrogen and oxygen atoms in total. The number of rotatable bonds is 4. The lowest BCUT2D eigenvalue weighted by molar-refractivity contribution is -0.125. The van der Waals surface area contributed by atoms with Crippen molar-refractivity contribution in [3.8, 4) is 0 Å². The highest BCUT2D eigenvalue weighted by atomic mass is 35.5. The molecule has 0 heterocycles. The zero-order valence-electron chi connectivity index (χ0n) is 15.2. The van der Waals surface area contributed by atoms with Gasteiger partial charge in [-0.1, -0.05) is 11.6 Å². The first-order valence-corrected chi connectivity index (χ1v) is 10.5. The first kappa shape index (κ1) is 20.3. The number of ketones is 1. The van der Waals surface area contributed by atoms with Crippen LogP contribution in [0.4, 0.5) is 18.9 Å². The van der Waals surface area contributed by atoms with Gasteiger partial charge in [-0.3, -0.25) is 9.59 Å². The lowest BCUT2D eigenvalue weighted by Gasteiger charge is -2.26. The van der Waals surface area contributed by atoms with Crippen LogP contribution in [0.15, 0.2) is 35.2 Å². The lowest BCUT2D eigenvalue weighted by Crippen LogP contribution is -2.27. The Morgan fingerprint density at radius 2 is 1.66 bits per heavy atom. The average molecular weight is 440 g/mol. The zero-order valence-corrected chi connectivity index (χ0v) is 16.8. The van der Waals surface area contributed by atoms with E-state index < -0.39 is 23.4 Å². The molecule has 29 heavy (non-hydrogen) atoms. The van der Waals surface area contributed by atoms with Crippen molar-refractivity contribution in [1.29, 1.82) is 0 Å². The molecule has 2 fully saturated rings. The first-order valence-electron chi connectivity index (χ1n) is 9.27. The first-order chi connectivity index (χ1) is 13.8. The molecule has 3 atom stereocenters. The zero-order chi connectivity index (χ0) is 20.7. The molecule has 0 aromatic heterocycles. The molecule has 2 bridgehead atoms. The second kappa shape index (κ2) is 8.03. The van der Waals surface area contributed by atoms with Crippen LogP contribution < -0.4 is 5.32 Å². The van der Waals surface area contributed by atoms with Crippen LogP contribution in [-0.2, 0) is 4.79 Å². The van der Waals surface area contributed by atoms with Crippen LogP contribution in [-0.4, -0.2) is 16.9 Å². The monoisotopic (exact) mass is 439 g/mol. The van der Waals surface area contributed by atoms with E-state index in [-0.39, 0.29) is 28.3 Å². The largest absolute Gasteiger partial charge is 0.322 e. The topological polar surface area (TPSA) is 46.2 Å². The van der Waals surface area contributed by atoms with Crippen molar-refractivity contribution in [1.82, 2.24) is 0 Å². The van der Waals surface area contributed by atoms with Gasteiger partial charge >= 0.3 is 0 Å². The maximum Gasteiger partial charge on any atom is 0.255 e. The Labute approximate surface area is 175 Å². The van der Waals surface area contributed by atoms with E-state index in [1.165, 1.54) is 6.07 Å². The van der Waals surface area contributed by atoms with Crippen LogP contribution in [0.3, 0.4) is 0 Å². The average Bonchev–Trinajstić information content (AvgIpc) is 2.89. The van der Waals surface area contributed by atoms with Crippen LogP contribution in [0.2, 0.25) is 5.02 Å². The number of fused-ring (bicyclic) bond motifs is 2. The van der Waals surface area contributed by atoms with E-state index in [1.54, 1.807) is 23.9 Å². The third kappa shape index (κ3) is 4.16. The Hall–Kier alpha value is -1.99. The Bertz CT molecular complexity index is 961. The van der Waals surface area contributed by atoms with Gasteiger partial charge in [0, 0.05) is 45.4 Å². The van der Waals surface area contributed by atoms with Crippen LogP contribution in [0.25, 0.3) is 0 Å². The summed E-state index contributed by atoms with van der Waals surface area (Å²) in [6.45, 7) is 0. The number of hydrogen-bond donors (Lipinski definition) is 1. The van der Waals surface area contributed by atoms with Crippen molar-refractivity contribution in [2.45, 2.75) is 35.8 Å². The molecule has 2 saturated carbocycles. The molecule has 0 radical (unpaired) electrons. The third-order valence-corrected chi connectivity index (χ3v) is 7.24. The number of anilines is 1. The van der Waals surface area contributed by atoms with E-state index in [4.69, 9.17) is 11.6 Å². The minimum absolute atomic E-state index is 0.125. The van der Waals surface area contributed by atoms with Gasteiger partial charge in [0.05, 0.1) is 5.02 Å². The molecule has 8 heteroatoms. The molecule has 2 aromatic rings. The van der Waals surface area contributed by atoms with Crippen molar-refractivity contribution in [3.63, 3.8) is 0 Å². The fourth-order valence-electron chi connectivity index (χ4n) is 4.06. The predicted molar refractivity (Wildman–Crippen MR) is 106 cm³/mol. The number of halogens is 4. The van der Waals surface area contributed by atoms with Gasteiger partial charge in [0.2, 0.25) is 0 Å². The molecule has 0 aliphatic heterocycles. The van der Waals surface area contributed by atoms with Crippen LogP contribution in [0.5, 0.6) is 0 Å². The molecule has 2 aliphatic rings. The molecule has 0 spiro atoms. The molecular weight excluding hydrogens is 423 g/mol. The van der Waals surface area contributed by atoms with Gasteiger partial charge in [0.15, 0.2) is 17.5 Å². The van der Waals surface area contributed by atoms with E-state index in [9.17, 15) is 22.8 Å². The highest BCUT2D eigenvalue weighted by Gasteiger charge is 2.41. The minimum Gasteiger partial charge on any atom is -0.322 e. The fourth-order valence-corrected chi connectivity index (χ4v) is 5.70. The van der Waals surface area contributed by atoms with E-state index >= 15 is 0 Å². The quantitative estimate of drug-likeness (QED) is 0.607. The molecule has 2 aliphatic carbocycles. The summed E-state index contributed by atoms with van der Waals surface area (Å²) in [6.07, 6.45) is 3.50. The summed E-state index contributed by atoms with van der Waals surface area (Å²) < 4.78 is 39.8. The number of Topliss-reactive ketones (excluding diaryl/α,β-unsaturated/α-hetero) is 1. The maximum absolute atomic E-state index is 13.4. The smallest absolute Gasteiger partial charge is 0.255 e. The van der Waals surface area contributed by atoms with Crippen LogP contribution >= 0.6 is 23.4 Å². The summed E-state index contributed by atoms with van der Waals surface area (Å²) in [6, 6.07) is 6.16. The van der Waals surface area contributed by atoms with Crippen molar-refractivity contribution in [3.05, 3.63) is 58.4 Å². The maximum atomic E-state index is 13.4. The predicted octanol–water partition coefficient (Wildman–Crippen LogP) is 5.86. The molecule has 2 aromatic carbocycles. The summed E-state index contributed by atoms with van der Waals surface area (Å²) in [5.74, 6) is -4.32. The van der Waals surface area contributed by atoms with Crippen molar-refractivity contribution >= 4 is 40.7 Å². The second-order valence-corrected chi connectivity index (χ2v) is 9.19. The molecule has 0 unspecified atom stereocenters. The molecule has 4 rings (SSSR count). The number of carbonyl (C=O) groups is 2. The number of benzene rings is 2.